The second-order valence-electron chi connectivity index (χ2n) is 5.29. The van der Waals surface area contributed by atoms with E-state index in [1.165, 1.54) is 0 Å². The second kappa shape index (κ2) is 6.85. The first-order chi connectivity index (χ1) is 8.50. The normalized spacial score (nSPS) is 12.3. The zero-order valence-electron chi connectivity index (χ0n) is 12.0. The molecule has 0 atom stereocenters. The van der Waals surface area contributed by atoms with Crippen molar-refractivity contribution in [2.24, 2.45) is 5.92 Å². The summed E-state index contributed by atoms with van der Waals surface area (Å²) in [5, 5.41) is 17.7. The third-order valence-corrected chi connectivity index (χ3v) is 3.29. The number of rotatable bonds is 8. The third kappa shape index (κ3) is 4.38. The smallest absolute Gasteiger partial charge is 0.140 e. The average molecular weight is 254 g/mol. The summed E-state index contributed by atoms with van der Waals surface area (Å²) in [4.78, 5) is 4.25. The second-order valence-corrected chi connectivity index (χ2v) is 5.29. The molecule has 0 aliphatic rings. The predicted molar refractivity (Wildman–Crippen MR) is 72.1 cm³/mol. The quantitative estimate of drug-likeness (QED) is 0.739. The van der Waals surface area contributed by atoms with Gasteiger partial charge in [0.2, 0.25) is 0 Å². The van der Waals surface area contributed by atoms with E-state index < -0.39 is 5.60 Å². The van der Waals surface area contributed by atoms with Crippen LogP contribution in [-0.4, -0.2) is 32.0 Å². The van der Waals surface area contributed by atoms with Crippen molar-refractivity contribution < 1.29 is 5.11 Å². The van der Waals surface area contributed by atoms with E-state index in [4.69, 9.17) is 0 Å². The van der Waals surface area contributed by atoms with Crippen molar-refractivity contribution in [3.8, 4) is 0 Å². The number of hydrogen-bond donors (Lipinski definition) is 2. The molecule has 0 saturated heterocycles. The Morgan fingerprint density at radius 2 is 2.06 bits per heavy atom. The summed E-state index contributed by atoms with van der Waals surface area (Å²) < 4.78 is 1.93. The highest BCUT2D eigenvalue weighted by atomic mass is 16.3. The van der Waals surface area contributed by atoms with Gasteiger partial charge in [0.05, 0.1) is 12.1 Å². The zero-order valence-corrected chi connectivity index (χ0v) is 12.0. The van der Waals surface area contributed by atoms with Crippen LogP contribution in [0.5, 0.6) is 0 Å². The lowest BCUT2D eigenvalue weighted by Gasteiger charge is -2.25. The van der Waals surface area contributed by atoms with Gasteiger partial charge < -0.3 is 10.4 Å². The minimum absolute atomic E-state index is 0.550. The van der Waals surface area contributed by atoms with Crippen LogP contribution in [0.1, 0.15) is 46.4 Å². The Morgan fingerprint density at radius 1 is 1.39 bits per heavy atom. The molecule has 0 spiro atoms. The summed E-state index contributed by atoms with van der Waals surface area (Å²) in [6.07, 6.45) is 3.11. The summed E-state index contributed by atoms with van der Waals surface area (Å²) in [5.74, 6) is 1.48. The lowest BCUT2D eigenvalue weighted by Crippen LogP contribution is -2.39. The number of aliphatic hydroxyl groups is 1. The number of nitrogens with zero attached hydrogens (tertiary/aromatic N) is 3. The largest absolute Gasteiger partial charge is 0.389 e. The first-order valence-corrected chi connectivity index (χ1v) is 6.80. The van der Waals surface area contributed by atoms with Gasteiger partial charge in [0.1, 0.15) is 12.2 Å². The Labute approximate surface area is 110 Å². The Kier molecular flexibility index (Phi) is 5.75. The SMILES string of the molecule is CCC(O)(CC)CNCc1ncnn1CC(C)C. The molecule has 0 fully saturated rings. The standard InChI is InChI=1S/C13H26N4O/c1-5-13(18,6-2)9-14-7-12-15-10-16-17(12)8-11(3)4/h10-11,14,18H,5-9H2,1-4H3. The van der Waals surface area contributed by atoms with Gasteiger partial charge in [0.25, 0.3) is 0 Å². The van der Waals surface area contributed by atoms with Crippen molar-refractivity contribution in [2.45, 2.75) is 59.2 Å². The van der Waals surface area contributed by atoms with Gasteiger partial charge in [-0.1, -0.05) is 27.7 Å². The first-order valence-electron chi connectivity index (χ1n) is 6.80. The molecule has 2 N–H and O–H groups in total. The summed E-state index contributed by atoms with van der Waals surface area (Å²) in [7, 11) is 0. The van der Waals surface area contributed by atoms with Crippen LogP contribution in [0.3, 0.4) is 0 Å². The van der Waals surface area contributed by atoms with Crippen LogP contribution in [0.4, 0.5) is 0 Å². The summed E-state index contributed by atoms with van der Waals surface area (Å²) in [6, 6.07) is 0. The van der Waals surface area contributed by atoms with E-state index in [1.807, 2.05) is 18.5 Å². The van der Waals surface area contributed by atoms with Gasteiger partial charge in [-0.15, -0.1) is 0 Å². The highest BCUT2D eigenvalue weighted by molar-refractivity contribution is 4.86. The fourth-order valence-corrected chi connectivity index (χ4v) is 1.83. The maximum atomic E-state index is 10.2. The van der Waals surface area contributed by atoms with E-state index in [0.717, 1.165) is 25.2 Å². The van der Waals surface area contributed by atoms with Crippen LogP contribution in [-0.2, 0) is 13.1 Å². The lowest BCUT2D eigenvalue weighted by molar-refractivity contribution is 0.0320. The molecule has 0 amide bonds. The van der Waals surface area contributed by atoms with Gasteiger partial charge in [-0.3, -0.25) is 0 Å². The van der Waals surface area contributed by atoms with E-state index in [-0.39, 0.29) is 0 Å². The average Bonchev–Trinajstić information content (AvgIpc) is 2.75. The molecule has 104 valence electrons. The Bertz CT molecular complexity index is 345. The molecule has 18 heavy (non-hydrogen) atoms. The molecule has 0 aliphatic carbocycles. The minimum Gasteiger partial charge on any atom is -0.389 e. The predicted octanol–water partition coefficient (Wildman–Crippen LogP) is 1.57. The van der Waals surface area contributed by atoms with Crippen molar-refractivity contribution in [1.82, 2.24) is 20.1 Å². The van der Waals surface area contributed by atoms with Crippen molar-refractivity contribution in [2.75, 3.05) is 6.54 Å². The molecule has 0 bridgehead atoms. The number of aromatic nitrogens is 3. The fourth-order valence-electron chi connectivity index (χ4n) is 1.83. The molecule has 5 heteroatoms. The molecule has 0 radical (unpaired) electrons. The Morgan fingerprint density at radius 3 is 2.61 bits per heavy atom. The van der Waals surface area contributed by atoms with Gasteiger partial charge in [-0.2, -0.15) is 5.10 Å². The molecule has 0 unspecified atom stereocenters. The molecule has 1 aromatic heterocycles. The molecule has 1 aromatic rings. The van der Waals surface area contributed by atoms with Gasteiger partial charge in [-0.25, -0.2) is 9.67 Å². The molecule has 5 nitrogen and oxygen atoms in total. The van der Waals surface area contributed by atoms with Crippen molar-refractivity contribution >= 4 is 0 Å². The highest BCUT2D eigenvalue weighted by Crippen LogP contribution is 2.13. The maximum absolute atomic E-state index is 10.2. The molecular formula is C13H26N4O. The van der Waals surface area contributed by atoms with Gasteiger partial charge in [0, 0.05) is 13.1 Å². The topological polar surface area (TPSA) is 63.0 Å². The zero-order chi connectivity index (χ0) is 13.6. The van der Waals surface area contributed by atoms with Crippen LogP contribution in [0, 0.1) is 5.92 Å². The van der Waals surface area contributed by atoms with Crippen LogP contribution in [0.2, 0.25) is 0 Å². The Hall–Kier alpha value is -0.940. The molecule has 0 aliphatic heterocycles. The van der Waals surface area contributed by atoms with Gasteiger partial charge in [-0.05, 0) is 18.8 Å². The molecular weight excluding hydrogens is 228 g/mol. The van der Waals surface area contributed by atoms with Crippen molar-refractivity contribution in [3.63, 3.8) is 0 Å². The number of hydrogen-bond acceptors (Lipinski definition) is 4. The minimum atomic E-state index is -0.608. The monoisotopic (exact) mass is 254 g/mol. The van der Waals surface area contributed by atoms with Crippen LogP contribution in [0.25, 0.3) is 0 Å². The summed E-state index contributed by atoms with van der Waals surface area (Å²) in [6.45, 7) is 10.4. The highest BCUT2D eigenvalue weighted by Gasteiger charge is 2.21. The molecule has 0 aromatic carbocycles. The lowest BCUT2D eigenvalue weighted by atomic mass is 9.98. The van der Waals surface area contributed by atoms with Gasteiger partial charge >= 0.3 is 0 Å². The first kappa shape index (κ1) is 15.1. The van der Waals surface area contributed by atoms with E-state index in [1.54, 1.807) is 6.33 Å². The van der Waals surface area contributed by atoms with Crippen LogP contribution >= 0.6 is 0 Å². The molecule has 1 heterocycles. The fraction of sp³-hybridized carbons (Fsp3) is 0.846. The maximum Gasteiger partial charge on any atom is 0.140 e. The van der Waals surface area contributed by atoms with Gasteiger partial charge in [0.15, 0.2) is 0 Å². The van der Waals surface area contributed by atoms with Crippen molar-refractivity contribution in [3.05, 3.63) is 12.2 Å². The van der Waals surface area contributed by atoms with Crippen LogP contribution in [0.15, 0.2) is 6.33 Å². The number of nitrogens with one attached hydrogen (secondary N) is 1. The van der Waals surface area contributed by atoms with E-state index in [0.29, 0.717) is 19.0 Å². The summed E-state index contributed by atoms with van der Waals surface area (Å²) in [5.41, 5.74) is -0.608. The van der Waals surface area contributed by atoms with Crippen LogP contribution < -0.4 is 5.32 Å². The van der Waals surface area contributed by atoms with E-state index in [2.05, 4.69) is 29.2 Å². The summed E-state index contributed by atoms with van der Waals surface area (Å²) >= 11 is 0. The molecule has 1 rings (SSSR count). The molecule has 0 saturated carbocycles. The third-order valence-electron chi connectivity index (χ3n) is 3.29. The van der Waals surface area contributed by atoms with Crippen molar-refractivity contribution in [1.29, 1.82) is 0 Å². The van der Waals surface area contributed by atoms with E-state index in [9.17, 15) is 5.11 Å². The Balaban J connectivity index is 2.46. The van der Waals surface area contributed by atoms with E-state index >= 15 is 0 Å².